The molecule has 1 aromatic carbocycles. The van der Waals surface area contributed by atoms with E-state index in [1.165, 1.54) is 19.3 Å². The molecule has 6 heteroatoms. The van der Waals surface area contributed by atoms with Crippen molar-refractivity contribution in [1.29, 1.82) is 0 Å². The summed E-state index contributed by atoms with van der Waals surface area (Å²) in [5, 5.41) is 3.18. The number of fused-ring (bicyclic) bond motifs is 1. The molecule has 146 valence electrons. The Morgan fingerprint density at radius 2 is 1.78 bits per heavy atom. The number of likely N-dealkylation sites (tertiary alicyclic amines) is 1. The number of nitrogens with zero attached hydrogens (tertiary/aromatic N) is 1. The van der Waals surface area contributed by atoms with E-state index in [1.807, 2.05) is 18.2 Å². The van der Waals surface area contributed by atoms with Crippen molar-refractivity contribution < 1.29 is 19.1 Å². The van der Waals surface area contributed by atoms with Gasteiger partial charge in [0.1, 0.15) is 19.3 Å². The lowest BCUT2D eigenvalue weighted by Crippen LogP contribution is -2.49. The van der Waals surface area contributed by atoms with Gasteiger partial charge in [-0.2, -0.15) is 0 Å². The molecule has 0 spiro atoms. The van der Waals surface area contributed by atoms with E-state index in [9.17, 15) is 9.59 Å². The van der Waals surface area contributed by atoms with Crippen LogP contribution < -0.4 is 14.8 Å². The monoisotopic (exact) mass is 372 g/mol. The Kier molecular flexibility index (Phi) is 5.50. The molecule has 2 heterocycles. The molecule has 4 rings (SSSR count). The Bertz CT molecular complexity index is 699. The maximum absolute atomic E-state index is 12.9. The van der Waals surface area contributed by atoms with Gasteiger partial charge in [-0.15, -0.1) is 0 Å². The highest BCUT2D eigenvalue weighted by Crippen LogP contribution is 2.31. The third-order valence-corrected chi connectivity index (χ3v) is 5.79. The van der Waals surface area contributed by atoms with Crippen molar-refractivity contribution in [3.63, 3.8) is 0 Å². The maximum Gasteiger partial charge on any atom is 0.243 e. The highest BCUT2D eigenvalue weighted by molar-refractivity contribution is 5.89. The Morgan fingerprint density at radius 3 is 2.59 bits per heavy atom. The minimum Gasteiger partial charge on any atom is -0.486 e. The summed E-state index contributed by atoms with van der Waals surface area (Å²) in [6.07, 6.45) is 7.67. The van der Waals surface area contributed by atoms with Gasteiger partial charge in [0, 0.05) is 12.6 Å². The molecule has 0 bridgehead atoms. The molecule has 0 radical (unpaired) electrons. The molecule has 1 atom stereocenters. The molecule has 1 saturated heterocycles. The molecule has 1 saturated carbocycles. The molecule has 2 fully saturated rings. The lowest BCUT2D eigenvalue weighted by molar-refractivity contribution is -0.138. The summed E-state index contributed by atoms with van der Waals surface area (Å²) >= 11 is 0. The number of amides is 2. The van der Waals surface area contributed by atoms with Gasteiger partial charge in [0.25, 0.3) is 0 Å². The minimum atomic E-state index is -0.323. The van der Waals surface area contributed by atoms with Crippen molar-refractivity contribution >= 4 is 11.8 Å². The molecule has 2 amide bonds. The van der Waals surface area contributed by atoms with Gasteiger partial charge in [-0.3, -0.25) is 9.59 Å². The van der Waals surface area contributed by atoms with Crippen molar-refractivity contribution in [2.75, 3.05) is 19.8 Å². The summed E-state index contributed by atoms with van der Waals surface area (Å²) < 4.78 is 11.1. The Labute approximate surface area is 160 Å². The average Bonchev–Trinajstić information content (AvgIpc) is 3.19. The number of nitrogens with one attached hydrogen (secondary N) is 1. The first-order valence-electron chi connectivity index (χ1n) is 10.2. The van der Waals surface area contributed by atoms with Gasteiger partial charge in [-0.25, -0.2) is 0 Å². The van der Waals surface area contributed by atoms with Crippen LogP contribution >= 0.6 is 0 Å². The smallest absolute Gasteiger partial charge is 0.243 e. The summed E-state index contributed by atoms with van der Waals surface area (Å²) in [6, 6.07) is 5.59. The summed E-state index contributed by atoms with van der Waals surface area (Å²) in [6.45, 7) is 1.74. The standard InChI is InChI=1S/C21H28N2O4/c24-20(14-15-8-9-18-19(13-15)27-12-11-26-18)23-10-4-7-17(23)21(25)22-16-5-2-1-3-6-16/h8-9,13,16-17H,1-7,10-12,14H2,(H,22,25). The second-order valence-corrected chi connectivity index (χ2v) is 7.74. The topological polar surface area (TPSA) is 67.9 Å². The Balaban J connectivity index is 1.37. The van der Waals surface area contributed by atoms with E-state index in [0.717, 1.165) is 37.0 Å². The van der Waals surface area contributed by atoms with E-state index in [2.05, 4.69) is 5.32 Å². The molecule has 27 heavy (non-hydrogen) atoms. The third kappa shape index (κ3) is 4.20. The van der Waals surface area contributed by atoms with Gasteiger partial charge in [-0.05, 0) is 43.4 Å². The van der Waals surface area contributed by atoms with Crippen molar-refractivity contribution in [2.45, 2.75) is 63.5 Å². The quantitative estimate of drug-likeness (QED) is 0.882. The van der Waals surface area contributed by atoms with Crippen molar-refractivity contribution in [3.8, 4) is 11.5 Å². The van der Waals surface area contributed by atoms with E-state index in [-0.39, 0.29) is 30.3 Å². The van der Waals surface area contributed by atoms with Crippen LogP contribution in [0.2, 0.25) is 0 Å². The van der Waals surface area contributed by atoms with Crippen molar-refractivity contribution in [1.82, 2.24) is 10.2 Å². The van der Waals surface area contributed by atoms with Gasteiger partial charge in [0.05, 0.1) is 6.42 Å². The van der Waals surface area contributed by atoms with E-state index >= 15 is 0 Å². The van der Waals surface area contributed by atoms with Gasteiger partial charge in [0.2, 0.25) is 11.8 Å². The molecule has 1 aliphatic carbocycles. The zero-order valence-corrected chi connectivity index (χ0v) is 15.7. The molecule has 3 aliphatic rings. The van der Waals surface area contributed by atoms with Crippen LogP contribution in [0.5, 0.6) is 11.5 Å². The summed E-state index contributed by atoms with van der Waals surface area (Å²) in [7, 11) is 0. The first-order valence-corrected chi connectivity index (χ1v) is 10.2. The van der Waals surface area contributed by atoms with Crippen LogP contribution in [-0.2, 0) is 16.0 Å². The van der Waals surface area contributed by atoms with Crippen LogP contribution in [0.3, 0.4) is 0 Å². The first-order chi connectivity index (χ1) is 13.2. The lowest BCUT2D eigenvalue weighted by atomic mass is 9.95. The van der Waals surface area contributed by atoms with Crippen LogP contribution in [0.4, 0.5) is 0 Å². The molecule has 2 aliphatic heterocycles. The zero-order chi connectivity index (χ0) is 18.6. The number of carbonyl (C=O) groups excluding carboxylic acids is 2. The second-order valence-electron chi connectivity index (χ2n) is 7.74. The zero-order valence-electron chi connectivity index (χ0n) is 15.7. The van der Waals surface area contributed by atoms with Crippen LogP contribution in [0.1, 0.15) is 50.5 Å². The minimum absolute atomic E-state index is 0.00738. The highest BCUT2D eigenvalue weighted by atomic mass is 16.6. The van der Waals surface area contributed by atoms with E-state index in [0.29, 0.717) is 25.5 Å². The number of hydrogen-bond acceptors (Lipinski definition) is 4. The Morgan fingerprint density at radius 1 is 1.00 bits per heavy atom. The maximum atomic E-state index is 12.9. The normalized spacial score (nSPS) is 22.5. The molecule has 1 unspecified atom stereocenters. The van der Waals surface area contributed by atoms with Gasteiger partial charge < -0.3 is 19.7 Å². The first kappa shape index (κ1) is 18.1. The molecule has 1 N–H and O–H groups in total. The highest BCUT2D eigenvalue weighted by Gasteiger charge is 2.35. The molecule has 1 aromatic rings. The number of ether oxygens (including phenoxy) is 2. The molecular formula is C21H28N2O4. The molecule has 0 aromatic heterocycles. The fraction of sp³-hybridized carbons (Fsp3) is 0.619. The largest absolute Gasteiger partial charge is 0.486 e. The second kappa shape index (κ2) is 8.19. The van der Waals surface area contributed by atoms with Crippen molar-refractivity contribution in [2.24, 2.45) is 0 Å². The fourth-order valence-electron chi connectivity index (χ4n) is 4.36. The molecular weight excluding hydrogens is 344 g/mol. The summed E-state index contributed by atoms with van der Waals surface area (Å²) in [5.41, 5.74) is 0.891. The van der Waals surface area contributed by atoms with Gasteiger partial charge >= 0.3 is 0 Å². The number of carbonyl (C=O) groups is 2. The van der Waals surface area contributed by atoms with Crippen LogP contribution in [0, 0.1) is 0 Å². The summed E-state index contributed by atoms with van der Waals surface area (Å²) in [4.78, 5) is 27.4. The van der Waals surface area contributed by atoms with Crippen molar-refractivity contribution in [3.05, 3.63) is 23.8 Å². The lowest BCUT2D eigenvalue weighted by Gasteiger charge is -2.28. The Hall–Kier alpha value is -2.24. The van der Waals surface area contributed by atoms with Gasteiger partial charge in [-0.1, -0.05) is 25.3 Å². The number of hydrogen-bond donors (Lipinski definition) is 1. The predicted molar refractivity (Wildman–Crippen MR) is 101 cm³/mol. The average molecular weight is 372 g/mol. The van der Waals surface area contributed by atoms with Gasteiger partial charge in [0.15, 0.2) is 11.5 Å². The summed E-state index contributed by atoms with van der Waals surface area (Å²) in [5.74, 6) is 1.45. The van der Waals surface area contributed by atoms with E-state index < -0.39 is 0 Å². The van der Waals surface area contributed by atoms with E-state index in [1.54, 1.807) is 4.90 Å². The fourth-order valence-corrected chi connectivity index (χ4v) is 4.36. The third-order valence-electron chi connectivity index (χ3n) is 5.79. The van der Waals surface area contributed by atoms with Crippen LogP contribution in [0.15, 0.2) is 18.2 Å². The SMILES string of the molecule is O=C(NC1CCCCC1)C1CCCN1C(=O)Cc1ccc2c(c1)OCCO2. The van der Waals surface area contributed by atoms with E-state index in [4.69, 9.17) is 9.47 Å². The molecule has 6 nitrogen and oxygen atoms in total. The number of benzene rings is 1. The predicted octanol–water partition coefficient (Wildman–Crippen LogP) is 2.44. The number of rotatable bonds is 4. The van der Waals surface area contributed by atoms with Crippen LogP contribution in [0.25, 0.3) is 0 Å². The van der Waals surface area contributed by atoms with Crippen LogP contribution in [-0.4, -0.2) is 48.6 Å².